The number of para-hydroxylation sites is 1. The molecule has 0 spiro atoms. The SMILES string of the molecule is NNCC(N)C(=O)NCC1CCC(CCOc2ccccc2)CC1. The lowest BCUT2D eigenvalue weighted by molar-refractivity contribution is -0.122. The molecular weight excluding hydrogens is 304 g/mol. The van der Waals surface area contributed by atoms with E-state index in [1.165, 1.54) is 12.8 Å². The van der Waals surface area contributed by atoms with Crippen molar-refractivity contribution in [1.82, 2.24) is 10.7 Å². The van der Waals surface area contributed by atoms with Crippen LogP contribution in [0.15, 0.2) is 30.3 Å². The molecule has 1 saturated carbocycles. The van der Waals surface area contributed by atoms with E-state index >= 15 is 0 Å². The standard InChI is InChI=1S/C18H30N4O2/c19-17(13-22-20)18(23)21-12-15-8-6-14(7-9-15)10-11-24-16-4-2-1-3-5-16/h1-5,14-15,17,22H,6-13,19-20H2,(H,21,23). The zero-order chi connectivity index (χ0) is 17.2. The summed E-state index contributed by atoms with van der Waals surface area (Å²) in [7, 11) is 0. The van der Waals surface area contributed by atoms with E-state index in [4.69, 9.17) is 16.3 Å². The molecule has 2 rings (SSSR count). The fourth-order valence-corrected chi connectivity index (χ4v) is 3.18. The Morgan fingerprint density at radius 3 is 2.50 bits per heavy atom. The van der Waals surface area contributed by atoms with Gasteiger partial charge in [0.25, 0.3) is 0 Å². The van der Waals surface area contributed by atoms with Crippen molar-refractivity contribution in [2.45, 2.75) is 38.1 Å². The topological polar surface area (TPSA) is 102 Å². The second-order valence-electron chi connectivity index (χ2n) is 6.60. The highest BCUT2D eigenvalue weighted by Crippen LogP contribution is 2.30. The summed E-state index contributed by atoms with van der Waals surface area (Å²) in [6.07, 6.45) is 5.81. The number of nitrogens with one attached hydrogen (secondary N) is 2. The third-order valence-corrected chi connectivity index (χ3v) is 4.74. The van der Waals surface area contributed by atoms with Gasteiger partial charge in [0.05, 0.1) is 12.6 Å². The molecule has 6 heteroatoms. The number of nitrogens with two attached hydrogens (primary N) is 2. The number of benzene rings is 1. The van der Waals surface area contributed by atoms with E-state index in [1.807, 2.05) is 30.3 Å². The van der Waals surface area contributed by atoms with E-state index in [9.17, 15) is 4.79 Å². The Balaban J connectivity index is 1.57. The number of rotatable bonds is 9. The lowest BCUT2D eigenvalue weighted by Gasteiger charge is -2.29. The van der Waals surface area contributed by atoms with E-state index in [0.717, 1.165) is 37.5 Å². The Kier molecular flexibility index (Phi) is 8.01. The zero-order valence-corrected chi connectivity index (χ0v) is 14.2. The van der Waals surface area contributed by atoms with E-state index in [0.29, 0.717) is 19.0 Å². The van der Waals surface area contributed by atoms with Crippen LogP contribution >= 0.6 is 0 Å². The number of ether oxygens (including phenoxy) is 1. The van der Waals surface area contributed by atoms with Crippen molar-refractivity contribution in [3.05, 3.63) is 30.3 Å². The van der Waals surface area contributed by atoms with Gasteiger partial charge in [-0.05, 0) is 56.1 Å². The molecule has 1 unspecified atom stereocenters. The van der Waals surface area contributed by atoms with Crippen LogP contribution in [0.2, 0.25) is 0 Å². The van der Waals surface area contributed by atoms with E-state index in [-0.39, 0.29) is 5.91 Å². The highest BCUT2D eigenvalue weighted by molar-refractivity contribution is 5.81. The van der Waals surface area contributed by atoms with Crippen LogP contribution in [-0.2, 0) is 4.79 Å². The molecule has 1 amide bonds. The van der Waals surface area contributed by atoms with Crippen LogP contribution in [0.1, 0.15) is 32.1 Å². The zero-order valence-electron chi connectivity index (χ0n) is 14.2. The molecule has 24 heavy (non-hydrogen) atoms. The highest BCUT2D eigenvalue weighted by atomic mass is 16.5. The van der Waals surface area contributed by atoms with Gasteiger partial charge >= 0.3 is 0 Å². The summed E-state index contributed by atoms with van der Waals surface area (Å²) in [5.74, 6) is 7.27. The van der Waals surface area contributed by atoms with Crippen LogP contribution in [0.5, 0.6) is 5.75 Å². The van der Waals surface area contributed by atoms with Crippen LogP contribution in [0.3, 0.4) is 0 Å². The Labute approximate surface area is 144 Å². The molecule has 0 aliphatic heterocycles. The predicted molar refractivity (Wildman–Crippen MR) is 95.2 cm³/mol. The summed E-state index contributed by atoms with van der Waals surface area (Å²) in [5, 5.41) is 2.93. The van der Waals surface area contributed by atoms with Gasteiger partial charge in [-0.15, -0.1) is 0 Å². The average molecular weight is 334 g/mol. The third-order valence-electron chi connectivity index (χ3n) is 4.74. The average Bonchev–Trinajstić information content (AvgIpc) is 2.62. The van der Waals surface area contributed by atoms with Gasteiger partial charge in [0.15, 0.2) is 0 Å². The van der Waals surface area contributed by atoms with Gasteiger partial charge in [-0.3, -0.25) is 16.1 Å². The molecule has 1 aromatic rings. The number of carbonyl (C=O) groups is 1. The van der Waals surface area contributed by atoms with Crippen molar-refractivity contribution >= 4 is 5.91 Å². The van der Waals surface area contributed by atoms with Crippen LogP contribution in [-0.4, -0.2) is 31.6 Å². The second kappa shape index (κ2) is 10.3. The number of amides is 1. The molecule has 6 nitrogen and oxygen atoms in total. The largest absolute Gasteiger partial charge is 0.494 e. The van der Waals surface area contributed by atoms with Crippen molar-refractivity contribution in [2.24, 2.45) is 23.4 Å². The molecule has 1 aliphatic carbocycles. The molecule has 1 fully saturated rings. The van der Waals surface area contributed by atoms with Crippen molar-refractivity contribution in [3.8, 4) is 5.75 Å². The Morgan fingerprint density at radius 2 is 1.83 bits per heavy atom. The summed E-state index contributed by atoms with van der Waals surface area (Å²) in [4.78, 5) is 11.8. The first-order chi connectivity index (χ1) is 11.7. The monoisotopic (exact) mass is 334 g/mol. The molecule has 0 radical (unpaired) electrons. The highest BCUT2D eigenvalue weighted by Gasteiger charge is 2.22. The van der Waals surface area contributed by atoms with Crippen molar-refractivity contribution in [1.29, 1.82) is 0 Å². The lowest BCUT2D eigenvalue weighted by atomic mass is 9.80. The fraction of sp³-hybridized carbons (Fsp3) is 0.611. The Bertz CT molecular complexity index is 475. The summed E-state index contributed by atoms with van der Waals surface area (Å²) in [6.45, 7) is 1.78. The molecule has 0 aromatic heterocycles. The predicted octanol–water partition coefficient (Wildman–Crippen LogP) is 1.17. The van der Waals surface area contributed by atoms with Gasteiger partial charge < -0.3 is 15.8 Å². The van der Waals surface area contributed by atoms with Gasteiger partial charge in [-0.1, -0.05) is 18.2 Å². The van der Waals surface area contributed by atoms with Gasteiger partial charge in [0.2, 0.25) is 5.91 Å². The molecule has 0 saturated heterocycles. The first-order valence-corrected chi connectivity index (χ1v) is 8.83. The smallest absolute Gasteiger partial charge is 0.238 e. The van der Waals surface area contributed by atoms with Crippen LogP contribution in [0.4, 0.5) is 0 Å². The molecular formula is C18H30N4O2. The fourth-order valence-electron chi connectivity index (χ4n) is 3.18. The summed E-state index contributed by atoms with van der Waals surface area (Å²) >= 11 is 0. The van der Waals surface area contributed by atoms with Crippen LogP contribution in [0, 0.1) is 11.8 Å². The Hall–Kier alpha value is -1.63. The van der Waals surface area contributed by atoms with Gasteiger partial charge in [-0.2, -0.15) is 0 Å². The minimum Gasteiger partial charge on any atom is -0.494 e. The number of hydrogen-bond acceptors (Lipinski definition) is 5. The normalized spacial score (nSPS) is 21.9. The third kappa shape index (κ3) is 6.47. The summed E-state index contributed by atoms with van der Waals surface area (Å²) in [6, 6.07) is 9.37. The number of hydrogen-bond donors (Lipinski definition) is 4. The maximum atomic E-state index is 11.8. The quantitative estimate of drug-likeness (QED) is 0.401. The first kappa shape index (κ1) is 18.7. The van der Waals surface area contributed by atoms with Crippen molar-refractivity contribution in [3.63, 3.8) is 0 Å². The minimum atomic E-state index is -0.582. The minimum absolute atomic E-state index is 0.133. The van der Waals surface area contributed by atoms with Crippen molar-refractivity contribution in [2.75, 3.05) is 19.7 Å². The van der Waals surface area contributed by atoms with E-state index in [1.54, 1.807) is 0 Å². The molecule has 1 aromatic carbocycles. The van der Waals surface area contributed by atoms with Gasteiger partial charge in [0, 0.05) is 13.1 Å². The molecule has 0 bridgehead atoms. The number of carbonyl (C=O) groups excluding carboxylic acids is 1. The summed E-state index contributed by atoms with van der Waals surface area (Å²) in [5.41, 5.74) is 8.13. The second-order valence-corrected chi connectivity index (χ2v) is 6.60. The van der Waals surface area contributed by atoms with Crippen LogP contribution < -0.4 is 27.1 Å². The van der Waals surface area contributed by atoms with Crippen molar-refractivity contribution < 1.29 is 9.53 Å². The van der Waals surface area contributed by atoms with E-state index in [2.05, 4.69) is 10.7 Å². The molecule has 1 aliphatic rings. The maximum absolute atomic E-state index is 11.8. The summed E-state index contributed by atoms with van der Waals surface area (Å²) < 4.78 is 5.78. The van der Waals surface area contributed by atoms with Gasteiger partial charge in [0.1, 0.15) is 5.75 Å². The molecule has 6 N–H and O–H groups in total. The number of hydrazine groups is 1. The first-order valence-electron chi connectivity index (χ1n) is 8.83. The Morgan fingerprint density at radius 1 is 1.17 bits per heavy atom. The molecule has 134 valence electrons. The molecule has 1 atom stereocenters. The van der Waals surface area contributed by atoms with Crippen LogP contribution in [0.25, 0.3) is 0 Å². The van der Waals surface area contributed by atoms with Gasteiger partial charge in [-0.25, -0.2) is 0 Å². The lowest BCUT2D eigenvalue weighted by Crippen LogP contribution is -2.49. The maximum Gasteiger partial charge on any atom is 0.238 e. The van der Waals surface area contributed by atoms with E-state index < -0.39 is 6.04 Å². The molecule has 0 heterocycles.